The molecule has 0 aliphatic carbocycles. The van der Waals surface area contributed by atoms with Gasteiger partial charge < -0.3 is 19.9 Å². The molecule has 3 heterocycles. The zero-order valence-electron chi connectivity index (χ0n) is 13.0. The van der Waals surface area contributed by atoms with Crippen molar-refractivity contribution in [1.29, 1.82) is 0 Å². The average molecular weight is 336 g/mol. The first-order valence-corrected chi connectivity index (χ1v) is 7.66. The number of halogens is 1. The third-order valence-corrected chi connectivity index (χ3v) is 4.01. The number of hydrogen-bond acceptors (Lipinski definition) is 8. The number of aromatic nitrogens is 4. The van der Waals surface area contributed by atoms with Gasteiger partial charge in [-0.15, -0.1) is 0 Å². The summed E-state index contributed by atoms with van der Waals surface area (Å²) in [6.45, 7) is 3.17. The van der Waals surface area contributed by atoms with Crippen LogP contribution in [-0.4, -0.2) is 60.3 Å². The Hall–Kier alpha value is -2.35. The van der Waals surface area contributed by atoms with Gasteiger partial charge in [-0.25, -0.2) is 15.0 Å². The zero-order valence-corrected chi connectivity index (χ0v) is 13.8. The molecule has 0 bridgehead atoms. The summed E-state index contributed by atoms with van der Waals surface area (Å²) in [6, 6.07) is 1.74. The molecule has 0 unspecified atom stereocenters. The summed E-state index contributed by atoms with van der Waals surface area (Å²) in [4.78, 5) is 21.4. The van der Waals surface area contributed by atoms with E-state index in [0.717, 1.165) is 37.7 Å². The number of rotatable bonds is 4. The molecule has 0 atom stereocenters. The van der Waals surface area contributed by atoms with Crippen molar-refractivity contribution in [1.82, 2.24) is 19.9 Å². The van der Waals surface area contributed by atoms with E-state index in [1.165, 1.54) is 6.33 Å². The van der Waals surface area contributed by atoms with Gasteiger partial charge in [0.1, 0.15) is 12.0 Å². The van der Waals surface area contributed by atoms with Gasteiger partial charge in [-0.1, -0.05) is 11.6 Å². The van der Waals surface area contributed by atoms with Crippen molar-refractivity contribution in [3.63, 3.8) is 0 Å². The minimum absolute atomic E-state index is 0.427. The molecule has 2 aromatic heterocycles. The first-order chi connectivity index (χ1) is 11.2. The minimum Gasteiger partial charge on any atom is -0.481 e. The molecule has 3 rings (SSSR count). The summed E-state index contributed by atoms with van der Waals surface area (Å²) in [5.41, 5.74) is 0.750. The predicted octanol–water partition coefficient (Wildman–Crippen LogP) is 1.30. The number of nitrogens with zero attached hydrogens (tertiary/aromatic N) is 6. The number of ether oxygens (including phenoxy) is 1. The standard InChI is InChI=1S/C14H18ClN7O/c1-16-11-12(15)18-9-19-13(11)21-5-7-22(8-6-21)14-17-4-3-10(20-14)23-2/h3-4,9,16H,5-8H2,1-2H3. The molecule has 1 aliphatic heterocycles. The van der Waals surface area contributed by atoms with Crippen LogP contribution < -0.4 is 19.9 Å². The van der Waals surface area contributed by atoms with E-state index in [2.05, 4.69) is 35.1 Å². The Bertz CT molecular complexity index is 676. The second-order valence-corrected chi connectivity index (χ2v) is 5.34. The molecule has 0 spiro atoms. The highest BCUT2D eigenvalue weighted by Gasteiger charge is 2.23. The van der Waals surface area contributed by atoms with Crippen LogP contribution in [0, 0.1) is 0 Å². The van der Waals surface area contributed by atoms with Crippen LogP contribution in [-0.2, 0) is 0 Å². The van der Waals surface area contributed by atoms with Gasteiger partial charge in [0.25, 0.3) is 0 Å². The molecule has 9 heteroatoms. The van der Waals surface area contributed by atoms with Crippen molar-refractivity contribution in [2.75, 3.05) is 55.5 Å². The van der Waals surface area contributed by atoms with E-state index in [4.69, 9.17) is 16.3 Å². The van der Waals surface area contributed by atoms with Crippen LogP contribution in [0.3, 0.4) is 0 Å². The van der Waals surface area contributed by atoms with E-state index < -0.39 is 0 Å². The van der Waals surface area contributed by atoms with E-state index in [1.807, 2.05) is 7.05 Å². The Morgan fingerprint density at radius 3 is 2.57 bits per heavy atom. The Balaban J connectivity index is 1.72. The maximum absolute atomic E-state index is 6.12. The molecule has 8 nitrogen and oxygen atoms in total. The van der Waals surface area contributed by atoms with Gasteiger partial charge >= 0.3 is 0 Å². The second-order valence-electron chi connectivity index (χ2n) is 4.99. The largest absolute Gasteiger partial charge is 0.481 e. The summed E-state index contributed by atoms with van der Waals surface area (Å²) in [5.74, 6) is 2.06. The molecule has 0 aromatic carbocycles. The number of anilines is 3. The van der Waals surface area contributed by atoms with Gasteiger partial charge in [0.15, 0.2) is 11.0 Å². The normalized spacial score (nSPS) is 14.7. The summed E-state index contributed by atoms with van der Waals surface area (Å²) >= 11 is 6.12. The number of nitrogens with one attached hydrogen (secondary N) is 1. The Morgan fingerprint density at radius 1 is 1.13 bits per heavy atom. The van der Waals surface area contributed by atoms with Gasteiger partial charge in [0, 0.05) is 45.5 Å². The molecule has 122 valence electrons. The van der Waals surface area contributed by atoms with Crippen molar-refractivity contribution in [3.8, 4) is 5.88 Å². The molecule has 1 saturated heterocycles. The Labute approximate surface area is 139 Å². The van der Waals surface area contributed by atoms with Crippen LogP contribution in [0.25, 0.3) is 0 Å². The highest BCUT2D eigenvalue weighted by molar-refractivity contribution is 6.32. The lowest BCUT2D eigenvalue weighted by Crippen LogP contribution is -2.47. The summed E-state index contributed by atoms with van der Waals surface area (Å²) < 4.78 is 5.15. The molecule has 0 radical (unpaired) electrons. The van der Waals surface area contributed by atoms with E-state index in [0.29, 0.717) is 17.0 Å². The van der Waals surface area contributed by atoms with Crippen LogP contribution in [0.1, 0.15) is 0 Å². The first kappa shape index (κ1) is 15.5. The molecule has 0 amide bonds. The van der Waals surface area contributed by atoms with Crippen LogP contribution in [0.15, 0.2) is 18.6 Å². The van der Waals surface area contributed by atoms with E-state index >= 15 is 0 Å². The maximum atomic E-state index is 6.12. The fourth-order valence-corrected chi connectivity index (χ4v) is 2.75. The highest BCUT2D eigenvalue weighted by Crippen LogP contribution is 2.29. The highest BCUT2D eigenvalue weighted by atomic mass is 35.5. The van der Waals surface area contributed by atoms with E-state index in [-0.39, 0.29) is 0 Å². The topological polar surface area (TPSA) is 79.3 Å². The quantitative estimate of drug-likeness (QED) is 0.837. The number of methoxy groups -OCH3 is 1. The molecular formula is C14H18ClN7O. The second kappa shape index (κ2) is 6.82. The lowest BCUT2D eigenvalue weighted by atomic mass is 10.3. The molecule has 0 saturated carbocycles. The molecule has 1 aliphatic rings. The van der Waals surface area contributed by atoms with Crippen LogP contribution in [0.2, 0.25) is 5.15 Å². The van der Waals surface area contributed by atoms with Gasteiger partial charge in [-0.2, -0.15) is 4.98 Å². The predicted molar refractivity (Wildman–Crippen MR) is 89.6 cm³/mol. The van der Waals surface area contributed by atoms with E-state index in [9.17, 15) is 0 Å². The van der Waals surface area contributed by atoms with Crippen molar-refractivity contribution in [3.05, 3.63) is 23.7 Å². The third kappa shape index (κ3) is 3.21. The average Bonchev–Trinajstić information content (AvgIpc) is 2.61. The molecule has 1 fully saturated rings. The van der Waals surface area contributed by atoms with Gasteiger partial charge in [-0.3, -0.25) is 0 Å². The van der Waals surface area contributed by atoms with Gasteiger partial charge in [0.05, 0.1) is 7.11 Å². The number of piperazine rings is 1. The minimum atomic E-state index is 0.427. The van der Waals surface area contributed by atoms with Gasteiger partial charge in [0.2, 0.25) is 11.8 Å². The summed E-state index contributed by atoms with van der Waals surface area (Å²) in [5, 5.41) is 3.49. The van der Waals surface area contributed by atoms with Crippen molar-refractivity contribution in [2.45, 2.75) is 0 Å². The molecular weight excluding hydrogens is 318 g/mol. The van der Waals surface area contributed by atoms with Crippen LogP contribution in [0.5, 0.6) is 5.88 Å². The zero-order chi connectivity index (χ0) is 16.2. The molecule has 23 heavy (non-hydrogen) atoms. The maximum Gasteiger partial charge on any atom is 0.228 e. The third-order valence-electron chi connectivity index (χ3n) is 3.72. The molecule has 2 aromatic rings. The SMILES string of the molecule is CNc1c(Cl)ncnc1N1CCN(c2nccc(OC)n2)CC1. The van der Waals surface area contributed by atoms with E-state index in [1.54, 1.807) is 19.4 Å². The first-order valence-electron chi connectivity index (χ1n) is 7.28. The van der Waals surface area contributed by atoms with Gasteiger partial charge in [-0.05, 0) is 0 Å². The fourth-order valence-electron chi connectivity index (χ4n) is 2.53. The van der Waals surface area contributed by atoms with Crippen molar-refractivity contribution >= 4 is 29.1 Å². The lowest BCUT2D eigenvalue weighted by Gasteiger charge is -2.36. The summed E-state index contributed by atoms with van der Waals surface area (Å²) in [6.07, 6.45) is 3.19. The Morgan fingerprint density at radius 2 is 1.87 bits per heavy atom. The Kier molecular flexibility index (Phi) is 4.61. The van der Waals surface area contributed by atoms with Crippen molar-refractivity contribution < 1.29 is 4.74 Å². The monoisotopic (exact) mass is 335 g/mol. The van der Waals surface area contributed by atoms with Crippen LogP contribution >= 0.6 is 11.6 Å². The van der Waals surface area contributed by atoms with Crippen molar-refractivity contribution in [2.24, 2.45) is 0 Å². The van der Waals surface area contributed by atoms with Crippen LogP contribution in [0.4, 0.5) is 17.5 Å². The molecule has 1 N–H and O–H groups in total. The number of hydrogen-bond donors (Lipinski definition) is 1. The smallest absolute Gasteiger partial charge is 0.228 e. The summed E-state index contributed by atoms with van der Waals surface area (Å²) in [7, 11) is 3.41. The fraction of sp³-hybridized carbons (Fsp3) is 0.429. The lowest BCUT2D eigenvalue weighted by molar-refractivity contribution is 0.396.